The number of non-ortho nitro benzene ring substituents is 1. The fourth-order valence-corrected chi connectivity index (χ4v) is 2.38. The maximum atomic E-state index is 10.8. The van der Waals surface area contributed by atoms with Gasteiger partial charge in [0.25, 0.3) is 5.69 Å². The normalized spacial score (nSPS) is 10.5. The summed E-state index contributed by atoms with van der Waals surface area (Å²) in [5.74, 6) is 0.784. The molecule has 6 nitrogen and oxygen atoms in total. The number of aromatic nitrogens is 2. The SMILES string of the molecule is COc1ccc(-c2cc(C)nn2-c2ccc([N+](=O)[O-])cc2)cc1. The maximum absolute atomic E-state index is 10.8. The lowest BCUT2D eigenvalue weighted by atomic mass is 10.1. The number of nitrogens with zero attached hydrogens (tertiary/aromatic N) is 3. The van der Waals surface area contributed by atoms with Gasteiger partial charge in [-0.15, -0.1) is 0 Å². The van der Waals surface area contributed by atoms with Crippen molar-refractivity contribution in [2.24, 2.45) is 0 Å². The van der Waals surface area contributed by atoms with Crippen molar-refractivity contribution in [3.8, 4) is 22.7 Å². The van der Waals surface area contributed by atoms with Crippen molar-refractivity contribution in [1.82, 2.24) is 9.78 Å². The van der Waals surface area contributed by atoms with Crippen LogP contribution in [0.1, 0.15) is 5.69 Å². The molecule has 2 aromatic carbocycles. The maximum Gasteiger partial charge on any atom is 0.269 e. The van der Waals surface area contributed by atoms with Gasteiger partial charge in [-0.25, -0.2) is 4.68 Å². The topological polar surface area (TPSA) is 70.2 Å². The van der Waals surface area contributed by atoms with E-state index < -0.39 is 4.92 Å². The summed E-state index contributed by atoms with van der Waals surface area (Å²) in [6.07, 6.45) is 0. The second kappa shape index (κ2) is 5.92. The molecule has 1 aromatic heterocycles. The van der Waals surface area contributed by atoms with Crippen LogP contribution in [0.25, 0.3) is 16.9 Å². The van der Waals surface area contributed by atoms with Crippen molar-refractivity contribution in [2.45, 2.75) is 6.92 Å². The van der Waals surface area contributed by atoms with Gasteiger partial charge in [0, 0.05) is 17.7 Å². The summed E-state index contributed by atoms with van der Waals surface area (Å²) >= 11 is 0. The summed E-state index contributed by atoms with van der Waals surface area (Å²) in [6.45, 7) is 1.91. The molecular weight excluding hydrogens is 294 g/mol. The average molecular weight is 309 g/mol. The van der Waals surface area contributed by atoms with Crippen LogP contribution in [0.5, 0.6) is 5.75 Å². The van der Waals surface area contributed by atoms with Crippen LogP contribution in [0.15, 0.2) is 54.6 Å². The van der Waals surface area contributed by atoms with Crippen molar-refractivity contribution >= 4 is 5.69 Å². The predicted octanol–water partition coefficient (Wildman–Crippen LogP) is 3.76. The number of methoxy groups -OCH3 is 1. The smallest absolute Gasteiger partial charge is 0.269 e. The molecule has 1 heterocycles. The second-order valence-corrected chi connectivity index (χ2v) is 5.08. The third-order valence-corrected chi connectivity index (χ3v) is 3.52. The van der Waals surface area contributed by atoms with Gasteiger partial charge in [-0.2, -0.15) is 5.10 Å². The zero-order valence-electron chi connectivity index (χ0n) is 12.8. The van der Waals surface area contributed by atoms with Crippen LogP contribution >= 0.6 is 0 Å². The van der Waals surface area contributed by atoms with Gasteiger partial charge in [-0.05, 0) is 49.4 Å². The number of rotatable bonds is 4. The number of nitro benzene ring substituents is 1. The molecule has 0 fully saturated rings. The minimum absolute atomic E-state index is 0.0589. The highest BCUT2D eigenvalue weighted by Crippen LogP contribution is 2.26. The van der Waals surface area contributed by atoms with Gasteiger partial charge in [-0.3, -0.25) is 10.1 Å². The molecule has 0 aliphatic carbocycles. The van der Waals surface area contributed by atoms with Crippen LogP contribution in [0.4, 0.5) is 5.69 Å². The van der Waals surface area contributed by atoms with Crippen LogP contribution in [-0.2, 0) is 0 Å². The Bertz CT molecular complexity index is 837. The Kier molecular flexibility index (Phi) is 3.80. The van der Waals surface area contributed by atoms with Gasteiger partial charge in [-0.1, -0.05) is 0 Å². The first kappa shape index (κ1) is 14.8. The summed E-state index contributed by atoms with van der Waals surface area (Å²) in [6, 6.07) is 16.0. The minimum atomic E-state index is -0.414. The molecule has 0 saturated carbocycles. The summed E-state index contributed by atoms with van der Waals surface area (Å²) in [5, 5.41) is 15.3. The number of benzene rings is 2. The number of aryl methyl sites for hydroxylation is 1. The van der Waals surface area contributed by atoms with Gasteiger partial charge in [0.05, 0.1) is 29.1 Å². The largest absolute Gasteiger partial charge is 0.497 e. The van der Waals surface area contributed by atoms with Gasteiger partial charge >= 0.3 is 0 Å². The Hall–Kier alpha value is -3.15. The summed E-state index contributed by atoms with van der Waals surface area (Å²) < 4.78 is 6.95. The lowest BCUT2D eigenvalue weighted by Crippen LogP contribution is -1.99. The molecule has 23 heavy (non-hydrogen) atoms. The molecule has 0 amide bonds. The number of hydrogen-bond donors (Lipinski definition) is 0. The van der Waals surface area contributed by atoms with E-state index in [2.05, 4.69) is 5.10 Å². The highest BCUT2D eigenvalue weighted by atomic mass is 16.6. The van der Waals surface area contributed by atoms with Crippen LogP contribution in [0, 0.1) is 17.0 Å². The van der Waals surface area contributed by atoms with Crippen LogP contribution in [-0.4, -0.2) is 21.8 Å². The molecule has 0 saturated heterocycles. The first-order chi connectivity index (χ1) is 11.1. The molecule has 0 unspecified atom stereocenters. The number of hydrogen-bond acceptors (Lipinski definition) is 4. The molecule has 116 valence electrons. The number of nitro groups is 1. The molecular formula is C17H15N3O3. The molecule has 0 bridgehead atoms. The monoisotopic (exact) mass is 309 g/mol. The van der Waals surface area contributed by atoms with E-state index in [1.54, 1.807) is 23.9 Å². The summed E-state index contributed by atoms with van der Waals surface area (Å²) in [7, 11) is 1.63. The Morgan fingerprint density at radius 1 is 1.09 bits per heavy atom. The second-order valence-electron chi connectivity index (χ2n) is 5.08. The Labute approximate surface area is 133 Å². The highest BCUT2D eigenvalue weighted by molar-refractivity contribution is 5.63. The van der Waals surface area contributed by atoms with E-state index in [0.29, 0.717) is 0 Å². The Balaban J connectivity index is 2.04. The van der Waals surface area contributed by atoms with Crippen LogP contribution < -0.4 is 4.74 Å². The Morgan fingerprint density at radius 3 is 2.30 bits per heavy atom. The fraction of sp³-hybridized carbons (Fsp3) is 0.118. The van der Waals surface area contributed by atoms with E-state index in [9.17, 15) is 10.1 Å². The zero-order chi connectivity index (χ0) is 16.4. The zero-order valence-corrected chi connectivity index (χ0v) is 12.8. The summed E-state index contributed by atoms with van der Waals surface area (Å²) in [4.78, 5) is 10.4. The summed E-state index contributed by atoms with van der Waals surface area (Å²) in [5.41, 5.74) is 3.61. The third-order valence-electron chi connectivity index (χ3n) is 3.52. The lowest BCUT2D eigenvalue weighted by Gasteiger charge is -2.08. The van der Waals surface area contributed by atoms with Crippen LogP contribution in [0.3, 0.4) is 0 Å². The quantitative estimate of drug-likeness (QED) is 0.543. The van der Waals surface area contributed by atoms with E-state index >= 15 is 0 Å². The molecule has 0 N–H and O–H groups in total. The average Bonchev–Trinajstić information content (AvgIpc) is 2.97. The van der Waals surface area contributed by atoms with Crippen molar-refractivity contribution < 1.29 is 9.66 Å². The first-order valence-electron chi connectivity index (χ1n) is 7.04. The predicted molar refractivity (Wildman–Crippen MR) is 86.9 cm³/mol. The van der Waals surface area contributed by atoms with Gasteiger partial charge in [0.1, 0.15) is 5.75 Å². The third kappa shape index (κ3) is 2.91. The standard InChI is InChI=1S/C17H15N3O3/c1-12-11-17(13-3-9-16(23-2)10-4-13)19(18-12)14-5-7-15(8-6-14)20(21)22/h3-11H,1-2H3. The molecule has 0 aliphatic rings. The van der Waals surface area contributed by atoms with E-state index in [1.165, 1.54) is 12.1 Å². The van der Waals surface area contributed by atoms with Gasteiger partial charge in [0.15, 0.2) is 0 Å². The van der Waals surface area contributed by atoms with Crippen molar-refractivity contribution in [2.75, 3.05) is 7.11 Å². The van der Waals surface area contributed by atoms with Crippen LogP contribution in [0.2, 0.25) is 0 Å². The van der Waals surface area contributed by atoms with E-state index in [0.717, 1.165) is 28.4 Å². The van der Waals surface area contributed by atoms with E-state index in [1.807, 2.05) is 37.3 Å². The van der Waals surface area contributed by atoms with Crippen molar-refractivity contribution in [1.29, 1.82) is 0 Å². The van der Waals surface area contributed by atoms with Gasteiger partial charge < -0.3 is 4.74 Å². The number of ether oxygens (including phenoxy) is 1. The molecule has 6 heteroatoms. The first-order valence-corrected chi connectivity index (χ1v) is 7.04. The van der Waals surface area contributed by atoms with Gasteiger partial charge in [0.2, 0.25) is 0 Å². The van der Waals surface area contributed by atoms with E-state index in [-0.39, 0.29) is 5.69 Å². The molecule has 0 atom stereocenters. The minimum Gasteiger partial charge on any atom is -0.497 e. The lowest BCUT2D eigenvalue weighted by molar-refractivity contribution is -0.384. The Morgan fingerprint density at radius 2 is 1.74 bits per heavy atom. The molecule has 0 radical (unpaired) electrons. The highest BCUT2D eigenvalue weighted by Gasteiger charge is 2.12. The molecule has 0 aliphatic heterocycles. The molecule has 3 rings (SSSR count). The van der Waals surface area contributed by atoms with Crippen molar-refractivity contribution in [3.05, 3.63) is 70.4 Å². The van der Waals surface area contributed by atoms with Crippen molar-refractivity contribution in [3.63, 3.8) is 0 Å². The molecule has 3 aromatic rings. The van der Waals surface area contributed by atoms with E-state index in [4.69, 9.17) is 4.74 Å². The molecule has 0 spiro atoms. The fourth-order valence-electron chi connectivity index (χ4n) is 2.38.